The molecule has 2 aliphatic heterocycles. The van der Waals surface area contributed by atoms with Gasteiger partial charge in [0, 0.05) is 64.8 Å². The number of aromatic nitrogens is 2. The molecule has 1 aromatic carbocycles. The molecule has 1 N–H and O–H groups in total. The lowest BCUT2D eigenvalue weighted by Crippen LogP contribution is -2.46. The van der Waals surface area contributed by atoms with Crippen LogP contribution in [0.3, 0.4) is 0 Å². The van der Waals surface area contributed by atoms with Crippen LogP contribution in [0.25, 0.3) is 0 Å². The number of hydrogen-bond acceptors (Lipinski definition) is 4. The highest BCUT2D eigenvalue weighted by atomic mass is 127. The SMILES string of the molecule is CN=C(NCc1cccc(Cn2ccnc2C)c1)N1CCC(N2CCOCC2)C1.I. The molecule has 0 spiro atoms. The van der Waals surface area contributed by atoms with Crippen LogP contribution in [0.1, 0.15) is 23.4 Å². The number of ether oxygens (including phenoxy) is 1. The smallest absolute Gasteiger partial charge is 0.193 e. The van der Waals surface area contributed by atoms with Gasteiger partial charge in [0.05, 0.1) is 13.2 Å². The molecule has 2 aliphatic rings. The summed E-state index contributed by atoms with van der Waals surface area (Å²) < 4.78 is 7.66. The van der Waals surface area contributed by atoms with Gasteiger partial charge in [-0.05, 0) is 24.5 Å². The molecular formula is C22H33IN6O. The van der Waals surface area contributed by atoms with Crippen molar-refractivity contribution in [2.75, 3.05) is 46.4 Å². The van der Waals surface area contributed by atoms with Gasteiger partial charge in [-0.15, -0.1) is 24.0 Å². The van der Waals surface area contributed by atoms with Gasteiger partial charge in [-0.3, -0.25) is 9.89 Å². The molecule has 0 bridgehead atoms. The van der Waals surface area contributed by atoms with Crippen LogP contribution < -0.4 is 5.32 Å². The van der Waals surface area contributed by atoms with Gasteiger partial charge in [0.2, 0.25) is 0 Å². The Morgan fingerprint density at radius 1 is 1.23 bits per heavy atom. The van der Waals surface area contributed by atoms with E-state index in [1.54, 1.807) is 0 Å². The Labute approximate surface area is 196 Å². The minimum absolute atomic E-state index is 0. The van der Waals surface area contributed by atoms with E-state index in [4.69, 9.17) is 4.74 Å². The van der Waals surface area contributed by atoms with Crippen LogP contribution in [0.2, 0.25) is 0 Å². The predicted octanol–water partition coefficient (Wildman–Crippen LogP) is 2.34. The maximum atomic E-state index is 5.49. The van der Waals surface area contributed by atoms with Crippen molar-refractivity contribution in [1.82, 2.24) is 24.7 Å². The third kappa shape index (κ3) is 5.73. The van der Waals surface area contributed by atoms with E-state index in [9.17, 15) is 0 Å². The number of aryl methyl sites for hydroxylation is 1. The number of morpholine rings is 1. The predicted molar refractivity (Wildman–Crippen MR) is 130 cm³/mol. The van der Waals surface area contributed by atoms with Gasteiger partial charge in [0.25, 0.3) is 0 Å². The maximum absolute atomic E-state index is 5.49. The summed E-state index contributed by atoms with van der Waals surface area (Å²) in [5, 5.41) is 3.56. The van der Waals surface area contributed by atoms with Crippen molar-refractivity contribution in [3.8, 4) is 0 Å². The van der Waals surface area contributed by atoms with Crippen molar-refractivity contribution >= 4 is 29.9 Å². The molecule has 164 valence electrons. The average molecular weight is 524 g/mol. The zero-order valence-electron chi connectivity index (χ0n) is 18.0. The lowest BCUT2D eigenvalue weighted by atomic mass is 10.1. The van der Waals surface area contributed by atoms with E-state index in [-0.39, 0.29) is 24.0 Å². The molecule has 4 rings (SSSR count). The van der Waals surface area contributed by atoms with Gasteiger partial charge in [0.15, 0.2) is 5.96 Å². The highest BCUT2D eigenvalue weighted by molar-refractivity contribution is 14.0. The third-order valence-electron chi connectivity index (χ3n) is 5.96. The van der Waals surface area contributed by atoms with E-state index in [0.29, 0.717) is 6.04 Å². The van der Waals surface area contributed by atoms with Gasteiger partial charge in [-0.1, -0.05) is 24.3 Å². The fraction of sp³-hybridized carbons (Fsp3) is 0.545. The number of nitrogens with zero attached hydrogens (tertiary/aromatic N) is 5. The summed E-state index contributed by atoms with van der Waals surface area (Å²) in [5.41, 5.74) is 2.55. The highest BCUT2D eigenvalue weighted by Crippen LogP contribution is 2.17. The Kier molecular flexibility index (Phi) is 8.52. The molecule has 1 aromatic heterocycles. The monoisotopic (exact) mass is 524 g/mol. The quantitative estimate of drug-likeness (QED) is 0.370. The van der Waals surface area contributed by atoms with Crippen molar-refractivity contribution in [1.29, 1.82) is 0 Å². The molecule has 3 heterocycles. The molecule has 0 saturated carbocycles. The van der Waals surface area contributed by atoms with Crippen molar-refractivity contribution in [3.63, 3.8) is 0 Å². The van der Waals surface area contributed by atoms with E-state index in [1.165, 1.54) is 17.5 Å². The van der Waals surface area contributed by atoms with E-state index in [0.717, 1.165) is 64.3 Å². The summed E-state index contributed by atoms with van der Waals surface area (Å²) in [6.45, 7) is 9.58. The van der Waals surface area contributed by atoms with Crippen LogP contribution in [0.15, 0.2) is 41.7 Å². The zero-order valence-corrected chi connectivity index (χ0v) is 20.3. The molecule has 8 heteroatoms. The molecular weight excluding hydrogens is 491 g/mol. The molecule has 2 aromatic rings. The second-order valence-corrected chi connectivity index (χ2v) is 7.86. The number of nitrogens with one attached hydrogen (secondary N) is 1. The van der Waals surface area contributed by atoms with E-state index >= 15 is 0 Å². The Morgan fingerprint density at radius 3 is 2.77 bits per heavy atom. The number of likely N-dealkylation sites (tertiary alicyclic amines) is 1. The number of aliphatic imine (C=N–C) groups is 1. The molecule has 7 nitrogen and oxygen atoms in total. The van der Waals surface area contributed by atoms with E-state index < -0.39 is 0 Å². The Balaban J connectivity index is 0.00000256. The topological polar surface area (TPSA) is 57.9 Å². The summed E-state index contributed by atoms with van der Waals surface area (Å²) in [5.74, 6) is 2.04. The lowest BCUT2D eigenvalue weighted by molar-refractivity contribution is 0.0195. The summed E-state index contributed by atoms with van der Waals surface area (Å²) in [6, 6.07) is 9.35. The largest absolute Gasteiger partial charge is 0.379 e. The second-order valence-electron chi connectivity index (χ2n) is 7.86. The lowest BCUT2D eigenvalue weighted by Gasteiger charge is -2.32. The molecule has 0 amide bonds. The fourth-order valence-corrected chi connectivity index (χ4v) is 4.29. The Bertz CT molecular complexity index is 833. The Hall–Kier alpha value is -1.65. The first-order valence-electron chi connectivity index (χ1n) is 10.6. The van der Waals surface area contributed by atoms with Crippen LogP contribution in [0, 0.1) is 6.92 Å². The number of guanidine groups is 1. The van der Waals surface area contributed by atoms with Crippen molar-refractivity contribution in [2.45, 2.75) is 32.5 Å². The number of imidazole rings is 1. The normalized spacial score (nSPS) is 20.3. The zero-order chi connectivity index (χ0) is 20.1. The summed E-state index contributed by atoms with van der Waals surface area (Å²) in [7, 11) is 1.88. The molecule has 30 heavy (non-hydrogen) atoms. The van der Waals surface area contributed by atoms with Gasteiger partial charge in [-0.25, -0.2) is 4.98 Å². The first-order chi connectivity index (χ1) is 14.2. The van der Waals surface area contributed by atoms with Crippen LogP contribution >= 0.6 is 24.0 Å². The van der Waals surface area contributed by atoms with E-state index in [2.05, 4.69) is 53.9 Å². The number of rotatable bonds is 5. The molecule has 2 saturated heterocycles. The number of benzene rings is 1. The van der Waals surface area contributed by atoms with Crippen LogP contribution in [-0.2, 0) is 17.8 Å². The van der Waals surface area contributed by atoms with Gasteiger partial charge >= 0.3 is 0 Å². The molecule has 0 radical (unpaired) electrons. The van der Waals surface area contributed by atoms with Crippen LogP contribution in [0.5, 0.6) is 0 Å². The van der Waals surface area contributed by atoms with Crippen molar-refractivity contribution < 1.29 is 4.74 Å². The van der Waals surface area contributed by atoms with Crippen LogP contribution in [-0.4, -0.2) is 77.8 Å². The first-order valence-corrected chi connectivity index (χ1v) is 10.6. The van der Waals surface area contributed by atoms with E-state index in [1.807, 2.05) is 26.4 Å². The highest BCUT2D eigenvalue weighted by Gasteiger charge is 2.30. The summed E-state index contributed by atoms with van der Waals surface area (Å²) in [6.07, 6.45) is 5.08. The number of halogens is 1. The summed E-state index contributed by atoms with van der Waals surface area (Å²) in [4.78, 5) is 13.8. The minimum atomic E-state index is 0. The minimum Gasteiger partial charge on any atom is -0.379 e. The van der Waals surface area contributed by atoms with Crippen LogP contribution in [0.4, 0.5) is 0 Å². The Morgan fingerprint density at radius 2 is 2.03 bits per heavy atom. The first kappa shape index (κ1) is 23.0. The van der Waals surface area contributed by atoms with Gasteiger partial charge < -0.3 is 19.5 Å². The molecule has 1 unspecified atom stereocenters. The van der Waals surface area contributed by atoms with Gasteiger partial charge in [0.1, 0.15) is 5.82 Å². The average Bonchev–Trinajstić information content (AvgIpc) is 3.39. The summed E-state index contributed by atoms with van der Waals surface area (Å²) >= 11 is 0. The van der Waals surface area contributed by atoms with Crippen molar-refractivity contribution in [3.05, 3.63) is 53.6 Å². The molecule has 2 fully saturated rings. The van der Waals surface area contributed by atoms with Crippen molar-refractivity contribution in [2.24, 2.45) is 4.99 Å². The standard InChI is InChI=1S/C22H32N6O.HI/c1-18-24-7-9-27(18)16-20-5-3-4-19(14-20)15-25-22(23-2)28-8-6-21(17-28)26-10-12-29-13-11-26;/h3-5,7,9,14,21H,6,8,10-13,15-17H2,1-2H3,(H,23,25);1H. The third-order valence-corrected chi connectivity index (χ3v) is 5.96. The maximum Gasteiger partial charge on any atom is 0.193 e. The fourth-order valence-electron chi connectivity index (χ4n) is 4.29. The number of hydrogen-bond donors (Lipinski definition) is 1. The van der Waals surface area contributed by atoms with Gasteiger partial charge in [-0.2, -0.15) is 0 Å². The second kappa shape index (κ2) is 11.1. The molecule has 1 atom stereocenters. The molecule has 0 aliphatic carbocycles.